The number of rotatable bonds is 0. The second-order valence-electron chi connectivity index (χ2n) is 4.70. The number of ketones is 1. The van der Waals surface area contributed by atoms with Crippen LogP contribution in [0.5, 0.6) is 0 Å². The molecular formula is C14H8ClIN2O2. The van der Waals surface area contributed by atoms with Gasteiger partial charge >= 0.3 is 0 Å². The van der Waals surface area contributed by atoms with Crippen LogP contribution in [0.1, 0.15) is 10.4 Å². The van der Waals surface area contributed by atoms with Gasteiger partial charge in [0, 0.05) is 5.02 Å². The molecule has 3 aliphatic rings. The summed E-state index contributed by atoms with van der Waals surface area (Å²) in [5, 5.41) is 0.486. The lowest BCUT2D eigenvalue weighted by Crippen LogP contribution is -2.49. The molecule has 0 fully saturated rings. The number of aliphatic imine (C=N–C) groups is 1. The van der Waals surface area contributed by atoms with Gasteiger partial charge in [0.2, 0.25) is 11.7 Å². The molecule has 100 valence electrons. The molecule has 4 nitrogen and oxygen atoms in total. The quantitative estimate of drug-likeness (QED) is 0.631. The van der Waals surface area contributed by atoms with Gasteiger partial charge in [-0.15, -0.1) is 0 Å². The molecule has 0 saturated carbocycles. The van der Waals surface area contributed by atoms with Gasteiger partial charge in [0.15, 0.2) is 5.84 Å². The highest BCUT2D eigenvalue weighted by Gasteiger charge is 2.45. The van der Waals surface area contributed by atoms with Crippen LogP contribution in [0, 0.1) is 5.92 Å². The van der Waals surface area contributed by atoms with Crippen LogP contribution in [0.4, 0.5) is 5.69 Å². The first kappa shape index (κ1) is 12.4. The van der Waals surface area contributed by atoms with E-state index in [1.165, 1.54) is 4.90 Å². The molecule has 2 unspecified atom stereocenters. The predicted octanol–water partition coefficient (Wildman–Crippen LogP) is 2.57. The highest BCUT2D eigenvalue weighted by Crippen LogP contribution is 2.37. The fourth-order valence-electron chi connectivity index (χ4n) is 2.61. The van der Waals surface area contributed by atoms with E-state index >= 15 is 0 Å². The number of carbonyl (C=O) groups is 2. The maximum atomic E-state index is 12.6. The third-order valence-corrected chi connectivity index (χ3v) is 5.81. The lowest BCUT2D eigenvalue weighted by molar-refractivity contribution is -0.119. The van der Waals surface area contributed by atoms with E-state index in [0.29, 0.717) is 16.3 Å². The predicted molar refractivity (Wildman–Crippen MR) is 87.2 cm³/mol. The molecule has 3 aliphatic heterocycles. The molecule has 0 spiro atoms. The van der Waals surface area contributed by atoms with Gasteiger partial charge in [-0.25, -0.2) is 0 Å². The van der Waals surface area contributed by atoms with Crippen LogP contribution in [0.2, 0.25) is 5.02 Å². The summed E-state index contributed by atoms with van der Waals surface area (Å²) in [4.78, 5) is 31.0. The Morgan fingerprint density at radius 3 is 3.00 bits per heavy atom. The Morgan fingerprint density at radius 1 is 1.30 bits per heavy atom. The van der Waals surface area contributed by atoms with Gasteiger partial charge in [0.05, 0.1) is 23.2 Å². The van der Waals surface area contributed by atoms with Crippen molar-refractivity contribution in [2.45, 2.75) is 6.04 Å². The summed E-state index contributed by atoms with van der Waals surface area (Å²) < 4.78 is 4.14. The van der Waals surface area contributed by atoms with E-state index in [1.54, 1.807) is 18.2 Å². The topological polar surface area (TPSA) is 49.7 Å². The highest BCUT2D eigenvalue weighted by molar-refractivity contribution is 14.2. The first-order chi connectivity index (χ1) is 9.66. The van der Waals surface area contributed by atoms with Crippen LogP contribution in [0.15, 0.2) is 33.4 Å². The molecule has 4 rings (SSSR count). The second kappa shape index (κ2) is 4.33. The van der Waals surface area contributed by atoms with E-state index in [1.807, 2.05) is 6.08 Å². The van der Waals surface area contributed by atoms with Gasteiger partial charge < -0.3 is 0 Å². The van der Waals surface area contributed by atoms with E-state index in [-0.39, 0.29) is 50.2 Å². The number of fused-ring (bicyclic) bond motifs is 4. The van der Waals surface area contributed by atoms with Crippen molar-refractivity contribution in [3.05, 3.63) is 38.9 Å². The Hall–Kier alpha value is -1.34. The number of amides is 1. The van der Waals surface area contributed by atoms with Crippen molar-refractivity contribution >= 4 is 59.6 Å². The number of hydrogen-bond acceptors (Lipinski definition) is 3. The Morgan fingerprint density at radius 2 is 2.15 bits per heavy atom. The maximum absolute atomic E-state index is 12.6. The largest absolute Gasteiger partial charge is 0.285 e. The molecule has 0 radical (unpaired) electrons. The normalized spacial score (nSPS) is 26.6. The minimum atomic E-state index is -0.231. The number of carbonyl (C=O) groups excluding carboxylic acids is 2. The summed E-state index contributed by atoms with van der Waals surface area (Å²) in [6.45, 7) is 0. The molecule has 0 aliphatic carbocycles. The molecule has 20 heavy (non-hydrogen) atoms. The van der Waals surface area contributed by atoms with Crippen LogP contribution in [-0.2, 0) is 4.79 Å². The molecule has 0 aromatic heterocycles. The van der Waals surface area contributed by atoms with E-state index < -0.39 is 0 Å². The van der Waals surface area contributed by atoms with Gasteiger partial charge in [-0.3, -0.25) is 19.5 Å². The summed E-state index contributed by atoms with van der Waals surface area (Å²) in [5.41, 5.74) is 1.06. The van der Waals surface area contributed by atoms with Crippen molar-refractivity contribution in [1.29, 1.82) is 0 Å². The van der Waals surface area contributed by atoms with Gasteiger partial charge in [-0.1, -0.05) is 38.4 Å². The highest BCUT2D eigenvalue weighted by atomic mass is 127. The minimum Gasteiger partial charge on any atom is -0.285 e. The van der Waals surface area contributed by atoms with Gasteiger partial charge in [-0.05, 0) is 26.3 Å². The van der Waals surface area contributed by atoms with Crippen molar-refractivity contribution < 1.29 is 9.59 Å². The summed E-state index contributed by atoms with van der Waals surface area (Å²) in [6, 6.07) is 4.77. The molecule has 2 atom stereocenters. The molecule has 0 saturated heterocycles. The Bertz CT molecular complexity index is 754. The number of halogens is 2. The Kier molecular flexibility index (Phi) is 2.68. The molecule has 1 aromatic carbocycles. The standard InChI is InChI=1S/C14H8ClIN2O2/c15-7-1-2-11-8(5-7)12(19)13-17-10-3-4-16-6-9(10)14(20)18(11)13/h1-6,9-10H. The van der Waals surface area contributed by atoms with Crippen molar-refractivity contribution in [2.24, 2.45) is 10.9 Å². The van der Waals surface area contributed by atoms with E-state index in [2.05, 4.69) is 13.1 Å². The van der Waals surface area contributed by atoms with E-state index in [0.717, 1.165) is 0 Å². The minimum absolute atomic E-state index is 0.0570. The third-order valence-electron chi connectivity index (χ3n) is 3.55. The average Bonchev–Trinajstić information content (AvgIpc) is 2.73. The Balaban J connectivity index is 1.92. The first-order valence-electron chi connectivity index (χ1n) is 6.05. The summed E-state index contributed by atoms with van der Waals surface area (Å²) in [5.74, 6) is -0.279. The third kappa shape index (κ3) is 1.59. The molecule has 0 N–H and O–H groups in total. The van der Waals surface area contributed by atoms with Gasteiger partial charge in [-0.2, -0.15) is 0 Å². The van der Waals surface area contributed by atoms with Crippen LogP contribution < -0.4 is 4.90 Å². The van der Waals surface area contributed by atoms with Crippen LogP contribution in [0.3, 0.4) is 0 Å². The molecule has 1 amide bonds. The molecule has 3 heterocycles. The van der Waals surface area contributed by atoms with E-state index in [9.17, 15) is 9.59 Å². The van der Waals surface area contributed by atoms with Crippen molar-refractivity contribution in [3.63, 3.8) is 0 Å². The monoisotopic (exact) mass is 398 g/mol. The van der Waals surface area contributed by atoms with Crippen LogP contribution >= 0.6 is 32.3 Å². The molecular weight excluding hydrogens is 391 g/mol. The number of amidine groups is 1. The van der Waals surface area contributed by atoms with Crippen molar-refractivity contribution in [2.75, 3.05) is 4.90 Å². The lowest BCUT2D eigenvalue weighted by atomic mass is 9.99. The summed E-state index contributed by atoms with van der Waals surface area (Å²) in [6.07, 6.45) is 1.95. The second-order valence-corrected chi connectivity index (χ2v) is 7.30. The fraction of sp³-hybridized carbons (Fsp3) is 0.143. The average molecular weight is 399 g/mol. The number of anilines is 1. The number of Topliss-reactive ketones (excluding diaryl/α,β-unsaturated/α-hetero) is 1. The van der Waals surface area contributed by atoms with Crippen LogP contribution in [-0.4, -0.2) is 27.6 Å². The van der Waals surface area contributed by atoms with E-state index in [4.69, 9.17) is 11.6 Å². The number of hydrogen-bond donors (Lipinski definition) is 0. The molecule has 1 aromatic rings. The summed E-state index contributed by atoms with van der Waals surface area (Å²) in [7, 11) is 0. The van der Waals surface area contributed by atoms with Gasteiger partial charge in [0.1, 0.15) is 0 Å². The lowest BCUT2D eigenvalue weighted by Gasteiger charge is -2.30. The SMILES string of the molecule is O=C1C2=NC3C=CI=CC3C(=O)N2c2ccc(Cl)cc21. The Labute approximate surface area is 129 Å². The van der Waals surface area contributed by atoms with Crippen molar-refractivity contribution in [3.8, 4) is 0 Å². The van der Waals surface area contributed by atoms with Gasteiger partial charge in [0.25, 0.3) is 0 Å². The zero-order valence-electron chi connectivity index (χ0n) is 10.1. The zero-order valence-corrected chi connectivity index (χ0v) is 13.0. The summed E-state index contributed by atoms with van der Waals surface area (Å²) >= 11 is 5.75. The molecule has 6 heteroatoms. The first-order valence-corrected chi connectivity index (χ1v) is 8.92. The van der Waals surface area contributed by atoms with Crippen LogP contribution in [0.25, 0.3) is 0 Å². The molecule has 0 bridgehead atoms. The fourth-order valence-corrected chi connectivity index (χ4v) is 4.86. The van der Waals surface area contributed by atoms with Crippen molar-refractivity contribution in [1.82, 2.24) is 0 Å². The number of benzene rings is 1. The maximum Gasteiger partial charge on any atom is 0.242 e. The number of nitrogens with zero attached hydrogens (tertiary/aromatic N) is 2. The smallest absolute Gasteiger partial charge is 0.242 e. The zero-order chi connectivity index (χ0) is 13.9.